The van der Waals surface area contributed by atoms with Gasteiger partial charge in [-0.3, -0.25) is 4.98 Å². The van der Waals surface area contributed by atoms with Crippen molar-refractivity contribution >= 4 is 22.6 Å². The van der Waals surface area contributed by atoms with Gasteiger partial charge in [0.2, 0.25) is 0 Å². The molecule has 1 aromatic carbocycles. The lowest BCUT2D eigenvalue weighted by molar-refractivity contribution is 0.0748. The van der Waals surface area contributed by atoms with Crippen LogP contribution in [0, 0.1) is 12.8 Å². The average molecular weight is 353 g/mol. The Morgan fingerprint density at radius 3 is 2.81 bits per heavy atom. The molecule has 5 heteroatoms. The third-order valence-corrected chi connectivity index (χ3v) is 5.55. The summed E-state index contributed by atoms with van der Waals surface area (Å²) in [4.78, 5) is 19.5. The largest absolute Gasteiger partial charge is 0.376 e. The van der Waals surface area contributed by atoms with Crippen molar-refractivity contribution in [1.29, 1.82) is 0 Å². The number of rotatable bonds is 5. The number of urea groups is 1. The van der Waals surface area contributed by atoms with Crippen molar-refractivity contribution in [3.05, 3.63) is 36.0 Å². The minimum Gasteiger partial charge on any atom is -0.376 e. The van der Waals surface area contributed by atoms with Crippen molar-refractivity contribution in [2.45, 2.75) is 45.1 Å². The van der Waals surface area contributed by atoms with E-state index in [2.05, 4.69) is 10.3 Å². The first-order valence-electron chi connectivity index (χ1n) is 9.73. The smallest absolute Gasteiger partial charge is 0.321 e. The van der Waals surface area contributed by atoms with Crippen molar-refractivity contribution in [3.8, 4) is 0 Å². The second-order valence-electron chi connectivity index (χ2n) is 7.59. The molecular formula is C21H27N3O2. The van der Waals surface area contributed by atoms with Gasteiger partial charge in [-0.2, -0.15) is 0 Å². The minimum atomic E-state index is -0.0273. The van der Waals surface area contributed by atoms with Crippen LogP contribution in [0.4, 0.5) is 10.5 Å². The third kappa shape index (κ3) is 3.83. The van der Waals surface area contributed by atoms with Crippen LogP contribution in [-0.2, 0) is 4.74 Å². The number of aryl methyl sites for hydroxylation is 1. The number of hydrogen-bond donors (Lipinski definition) is 1. The van der Waals surface area contributed by atoms with Gasteiger partial charge in [-0.1, -0.05) is 12.5 Å². The summed E-state index contributed by atoms with van der Waals surface area (Å²) in [5, 5.41) is 4.10. The highest BCUT2D eigenvalue weighted by molar-refractivity contribution is 6.00. The highest BCUT2D eigenvalue weighted by Gasteiger charge is 2.27. The molecule has 0 spiro atoms. The van der Waals surface area contributed by atoms with Crippen LogP contribution in [-0.4, -0.2) is 41.7 Å². The summed E-state index contributed by atoms with van der Waals surface area (Å²) in [5.41, 5.74) is 2.71. The van der Waals surface area contributed by atoms with Gasteiger partial charge < -0.3 is 15.0 Å². The number of pyridine rings is 1. The number of nitrogens with zero attached hydrogens (tertiary/aromatic N) is 2. The van der Waals surface area contributed by atoms with Crippen LogP contribution < -0.4 is 5.32 Å². The Labute approximate surface area is 154 Å². The zero-order valence-electron chi connectivity index (χ0n) is 15.4. The van der Waals surface area contributed by atoms with Crippen LogP contribution in [0.25, 0.3) is 10.9 Å². The molecule has 1 aromatic heterocycles. The number of ether oxygens (including phenoxy) is 1. The molecule has 4 rings (SSSR count). The number of nitrogens with one attached hydrogen (secondary N) is 1. The fourth-order valence-electron chi connectivity index (χ4n) is 3.82. The summed E-state index contributed by atoms with van der Waals surface area (Å²) in [6.45, 7) is 4.31. The number of carbonyl (C=O) groups is 1. The number of aromatic nitrogens is 1. The van der Waals surface area contributed by atoms with Gasteiger partial charge in [0.15, 0.2) is 0 Å². The van der Waals surface area contributed by atoms with Gasteiger partial charge in [0, 0.05) is 30.8 Å². The standard InChI is InChI=1S/C21H27N3O2/c1-15-10-11-18-19(22-15)8-3-9-20(18)23-21(25)24(13-16-5-2-6-16)14-17-7-4-12-26-17/h3,8-11,16-17H,2,4-7,12-14H2,1H3,(H,23,25). The molecule has 1 atom stereocenters. The van der Waals surface area contributed by atoms with Gasteiger partial charge in [-0.15, -0.1) is 0 Å². The van der Waals surface area contributed by atoms with Gasteiger partial charge in [0.05, 0.1) is 17.3 Å². The molecule has 2 heterocycles. The van der Waals surface area contributed by atoms with Gasteiger partial charge in [-0.05, 0) is 62.8 Å². The second kappa shape index (κ2) is 7.62. The normalized spacial score (nSPS) is 20.1. The Morgan fingerprint density at radius 2 is 2.08 bits per heavy atom. The van der Waals surface area contributed by atoms with Crippen molar-refractivity contribution in [3.63, 3.8) is 0 Å². The summed E-state index contributed by atoms with van der Waals surface area (Å²) in [6, 6.07) is 9.86. The highest BCUT2D eigenvalue weighted by Crippen LogP contribution is 2.28. The zero-order chi connectivity index (χ0) is 17.9. The molecule has 1 unspecified atom stereocenters. The topological polar surface area (TPSA) is 54.5 Å². The van der Waals surface area contributed by atoms with E-state index < -0.39 is 0 Å². The maximum atomic E-state index is 13.0. The Morgan fingerprint density at radius 1 is 1.19 bits per heavy atom. The van der Waals surface area contributed by atoms with E-state index in [4.69, 9.17) is 4.74 Å². The first-order valence-corrected chi connectivity index (χ1v) is 9.73. The van der Waals surface area contributed by atoms with Gasteiger partial charge in [0.25, 0.3) is 0 Å². The lowest BCUT2D eigenvalue weighted by Crippen LogP contribution is -2.44. The summed E-state index contributed by atoms with van der Waals surface area (Å²) in [6.07, 6.45) is 6.07. The zero-order valence-corrected chi connectivity index (χ0v) is 15.4. The molecule has 1 N–H and O–H groups in total. The Kier molecular flexibility index (Phi) is 5.07. The van der Waals surface area contributed by atoms with E-state index in [9.17, 15) is 4.79 Å². The fourth-order valence-corrected chi connectivity index (χ4v) is 3.82. The highest BCUT2D eigenvalue weighted by atomic mass is 16.5. The predicted molar refractivity (Wildman–Crippen MR) is 103 cm³/mol. The number of carbonyl (C=O) groups excluding carboxylic acids is 1. The molecule has 0 bridgehead atoms. The first kappa shape index (κ1) is 17.3. The van der Waals surface area contributed by atoms with Crippen LogP contribution in [0.5, 0.6) is 0 Å². The minimum absolute atomic E-state index is 0.0273. The van der Waals surface area contributed by atoms with Gasteiger partial charge >= 0.3 is 6.03 Å². The molecule has 2 aromatic rings. The van der Waals surface area contributed by atoms with Gasteiger partial charge in [0.1, 0.15) is 0 Å². The molecule has 0 radical (unpaired) electrons. The monoisotopic (exact) mass is 353 g/mol. The van der Waals surface area contributed by atoms with Gasteiger partial charge in [-0.25, -0.2) is 4.79 Å². The molecule has 1 aliphatic carbocycles. The van der Waals surface area contributed by atoms with Crippen molar-refractivity contribution in [2.75, 3.05) is 25.0 Å². The number of benzene rings is 1. The lowest BCUT2D eigenvalue weighted by atomic mass is 9.85. The maximum absolute atomic E-state index is 13.0. The summed E-state index contributed by atoms with van der Waals surface area (Å²) in [7, 11) is 0. The summed E-state index contributed by atoms with van der Waals surface area (Å²) >= 11 is 0. The van der Waals surface area contributed by atoms with Crippen LogP contribution in [0.3, 0.4) is 0 Å². The van der Waals surface area contributed by atoms with Crippen molar-refractivity contribution in [2.24, 2.45) is 5.92 Å². The lowest BCUT2D eigenvalue weighted by Gasteiger charge is -2.33. The van der Waals surface area contributed by atoms with E-state index >= 15 is 0 Å². The Bertz CT molecular complexity index is 782. The molecule has 1 saturated heterocycles. The SMILES string of the molecule is Cc1ccc2c(NC(=O)N(CC3CCC3)CC3CCCO3)cccc2n1. The van der Waals surface area contributed by atoms with Crippen LogP contribution in [0.1, 0.15) is 37.8 Å². The molecule has 2 amide bonds. The first-order chi connectivity index (χ1) is 12.7. The molecule has 2 fully saturated rings. The quantitative estimate of drug-likeness (QED) is 0.869. The second-order valence-corrected chi connectivity index (χ2v) is 7.59. The fraction of sp³-hybridized carbons (Fsp3) is 0.524. The molecule has 5 nitrogen and oxygen atoms in total. The number of anilines is 1. The number of fused-ring (bicyclic) bond motifs is 1. The molecule has 26 heavy (non-hydrogen) atoms. The van der Waals surface area contributed by atoms with Crippen LogP contribution in [0.15, 0.2) is 30.3 Å². The summed E-state index contributed by atoms with van der Waals surface area (Å²) < 4.78 is 5.77. The van der Waals surface area contributed by atoms with E-state index in [1.165, 1.54) is 19.3 Å². The molecule has 1 saturated carbocycles. The van der Waals surface area contributed by atoms with Crippen LogP contribution in [0.2, 0.25) is 0 Å². The number of amides is 2. The maximum Gasteiger partial charge on any atom is 0.321 e. The Hall–Kier alpha value is -2.14. The third-order valence-electron chi connectivity index (χ3n) is 5.55. The van der Waals surface area contributed by atoms with Crippen LogP contribution >= 0.6 is 0 Å². The predicted octanol–water partition coefficient (Wildman–Crippen LogP) is 4.36. The summed E-state index contributed by atoms with van der Waals surface area (Å²) in [5.74, 6) is 0.638. The molecular weight excluding hydrogens is 326 g/mol. The average Bonchev–Trinajstić information content (AvgIpc) is 3.10. The van der Waals surface area contributed by atoms with E-state index in [1.54, 1.807) is 0 Å². The van der Waals surface area contributed by atoms with E-state index in [0.29, 0.717) is 12.5 Å². The van der Waals surface area contributed by atoms with Crippen molar-refractivity contribution in [1.82, 2.24) is 9.88 Å². The number of hydrogen-bond acceptors (Lipinski definition) is 3. The van der Waals surface area contributed by atoms with E-state index in [1.807, 2.05) is 42.2 Å². The van der Waals surface area contributed by atoms with E-state index in [-0.39, 0.29) is 12.1 Å². The molecule has 2 aliphatic rings. The van der Waals surface area contributed by atoms with E-state index in [0.717, 1.165) is 48.3 Å². The molecule has 138 valence electrons. The Balaban J connectivity index is 1.51. The molecule has 1 aliphatic heterocycles. The van der Waals surface area contributed by atoms with Crippen molar-refractivity contribution < 1.29 is 9.53 Å².